The molecule has 5 nitrogen and oxygen atoms in total. The van der Waals surface area contributed by atoms with Crippen molar-refractivity contribution >= 4 is 22.2 Å². The van der Waals surface area contributed by atoms with Crippen molar-refractivity contribution in [3.8, 4) is 5.75 Å². The van der Waals surface area contributed by atoms with Crippen LogP contribution in [0.1, 0.15) is 39.5 Å². The molecule has 126 valence electrons. The second kappa shape index (κ2) is 6.11. The molecule has 0 fully saturated rings. The van der Waals surface area contributed by atoms with Gasteiger partial charge >= 0.3 is 0 Å². The van der Waals surface area contributed by atoms with E-state index in [2.05, 4.69) is 17.6 Å². The number of fused-ring (bicyclic) bond motifs is 3. The summed E-state index contributed by atoms with van der Waals surface area (Å²) in [6.07, 6.45) is 0.776. The zero-order chi connectivity index (χ0) is 16.7. The molecule has 3 N–H and O–H groups in total. The van der Waals surface area contributed by atoms with Crippen molar-refractivity contribution in [2.45, 2.75) is 26.1 Å². The fraction of sp³-hybridized carbons (Fsp3) is 0.389. The number of hydrogen-bond donors (Lipinski definition) is 3. The normalized spacial score (nSPS) is 22.2. The van der Waals surface area contributed by atoms with Gasteiger partial charge in [0, 0.05) is 6.42 Å². The van der Waals surface area contributed by atoms with Crippen LogP contribution in [0.15, 0.2) is 24.3 Å². The van der Waals surface area contributed by atoms with Gasteiger partial charge in [0.15, 0.2) is 0 Å². The lowest BCUT2D eigenvalue weighted by molar-refractivity contribution is -0.913. The monoisotopic (exact) mass is 344 g/mol. The number of nitrogens with one attached hydrogen (secondary N) is 3. The average molecular weight is 344 g/mol. The average Bonchev–Trinajstić information content (AvgIpc) is 2.99. The molecule has 0 saturated heterocycles. The lowest BCUT2D eigenvalue weighted by atomic mass is 10.0. The van der Waals surface area contributed by atoms with Gasteiger partial charge in [-0.3, -0.25) is 4.79 Å². The van der Waals surface area contributed by atoms with Gasteiger partial charge in [-0.15, -0.1) is 11.3 Å². The van der Waals surface area contributed by atoms with Crippen LogP contribution in [0, 0.1) is 0 Å². The maximum atomic E-state index is 12.7. The third-order valence-corrected chi connectivity index (χ3v) is 6.10. The summed E-state index contributed by atoms with van der Waals surface area (Å²) in [5.74, 6) is 0.830. The molecule has 0 aliphatic carbocycles. The van der Waals surface area contributed by atoms with Crippen molar-refractivity contribution in [2.75, 3.05) is 25.5 Å². The lowest BCUT2D eigenvalue weighted by Crippen LogP contribution is -3.11. The van der Waals surface area contributed by atoms with Crippen molar-refractivity contribution in [2.24, 2.45) is 0 Å². The molecule has 0 radical (unpaired) electrons. The molecule has 24 heavy (non-hydrogen) atoms. The lowest BCUT2D eigenvalue weighted by Gasteiger charge is -2.27. The Morgan fingerprint density at radius 3 is 3.04 bits per heavy atom. The number of methoxy groups -OCH3 is 1. The number of carbonyl (C=O) groups excluding carboxylic acids is 1. The molecule has 1 amide bonds. The molecule has 2 aliphatic heterocycles. The molecule has 2 aliphatic rings. The van der Waals surface area contributed by atoms with Crippen LogP contribution >= 0.6 is 11.3 Å². The molecule has 0 spiro atoms. The number of benzene rings is 1. The van der Waals surface area contributed by atoms with Crippen molar-refractivity contribution in [3.63, 3.8) is 0 Å². The molecule has 6 heteroatoms. The summed E-state index contributed by atoms with van der Waals surface area (Å²) in [5.41, 5.74) is 3.12. The van der Waals surface area contributed by atoms with Gasteiger partial charge in [-0.05, 0) is 30.2 Å². The number of carbonyl (C=O) groups is 1. The molecule has 1 unspecified atom stereocenters. The Kier molecular flexibility index (Phi) is 3.94. The van der Waals surface area contributed by atoms with Crippen molar-refractivity contribution in [3.05, 3.63) is 45.8 Å². The summed E-state index contributed by atoms with van der Waals surface area (Å²) >= 11 is 1.74. The van der Waals surface area contributed by atoms with Gasteiger partial charge in [0.1, 0.15) is 23.5 Å². The maximum Gasteiger partial charge on any atom is 0.256 e. The fourth-order valence-corrected chi connectivity index (χ4v) is 4.88. The van der Waals surface area contributed by atoms with Crippen molar-refractivity contribution in [1.29, 1.82) is 0 Å². The highest BCUT2D eigenvalue weighted by Crippen LogP contribution is 2.39. The first-order chi connectivity index (χ1) is 11.7. The smallest absolute Gasteiger partial charge is 0.256 e. The van der Waals surface area contributed by atoms with E-state index in [9.17, 15) is 4.79 Å². The van der Waals surface area contributed by atoms with E-state index in [1.807, 2.05) is 24.3 Å². The Hall–Kier alpha value is -2.05. The van der Waals surface area contributed by atoms with Crippen LogP contribution < -0.4 is 20.3 Å². The van der Waals surface area contributed by atoms with E-state index >= 15 is 0 Å². The molecule has 3 heterocycles. The number of likely N-dealkylation sites (N-methyl/N-ethyl adjacent to an activating group) is 1. The number of hydrogen-bond acceptors (Lipinski definition) is 4. The third-order valence-electron chi connectivity index (χ3n) is 4.93. The molecule has 1 aromatic heterocycles. The third kappa shape index (κ3) is 2.56. The van der Waals surface area contributed by atoms with E-state index in [0.717, 1.165) is 47.9 Å². The highest BCUT2D eigenvalue weighted by atomic mass is 32.1. The first-order valence-electron chi connectivity index (χ1n) is 8.39. The summed E-state index contributed by atoms with van der Waals surface area (Å²) in [4.78, 5) is 15.7. The van der Waals surface area contributed by atoms with Crippen LogP contribution in [0.5, 0.6) is 5.75 Å². The highest BCUT2D eigenvalue weighted by molar-refractivity contribution is 7.16. The zero-order valence-corrected chi connectivity index (χ0v) is 14.8. The van der Waals surface area contributed by atoms with E-state index in [-0.39, 0.29) is 12.1 Å². The molecule has 1 aromatic carbocycles. The van der Waals surface area contributed by atoms with Crippen LogP contribution in [0.25, 0.3) is 0 Å². The van der Waals surface area contributed by atoms with Gasteiger partial charge < -0.3 is 20.3 Å². The summed E-state index contributed by atoms with van der Waals surface area (Å²) in [6.45, 7) is 5.49. The van der Waals surface area contributed by atoms with Gasteiger partial charge in [0.25, 0.3) is 5.91 Å². The number of thiophene rings is 1. The molecule has 2 atom stereocenters. The first kappa shape index (κ1) is 15.5. The number of rotatable bonds is 3. The minimum atomic E-state index is -0.213. The minimum absolute atomic E-state index is 0.0361. The number of anilines is 1. The topological polar surface area (TPSA) is 54.8 Å². The molecular formula is C18H22N3O2S+. The molecule has 0 bridgehead atoms. The SMILES string of the molecule is CC[NH+]1CCc2c(sc3c2C(=O)N[C@H](c2cccc(OC)c2)N3)C1. The van der Waals surface area contributed by atoms with Gasteiger partial charge in [-0.1, -0.05) is 12.1 Å². The Bertz CT molecular complexity index is 787. The molecule has 0 saturated carbocycles. The predicted molar refractivity (Wildman–Crippen MR) is 94.9 cm³/mol. The highest BCUT2D eigenvalue weighted by Gasteiger charge is 2.34. The molecule has 4 rings (SSSR count). The van der Waals surface area contributed by atoms with Gasteiger partial charge in [-0.25, -0.2) is 0 Å². The Balaban J connectivity index is 1.66. The van der Waals surface area contributed by atoms with E-state index in [1.54, 1.807) is 23.3 Å². The molecule has 2 aromatic rings. The van der Waals surface area contributed by atoms with E-state index in [4.69, 9.17) is 4.74 Å². The van der Waals surface area contributed by atoms with E-state index in [0.29, 0.717) is 0 Å². The Morgan fingerprint density at radius 2 is 2.25 bits per heavy atom. The van der Waals surface area contributed by atoms with E-state index in [1.165, 1.54) is 10.4 Å². The quantitative estimate of drug-likeness (QED) is 0.792. The van der Waals surface area contributed by atoms with Crippen LogP contribution in [0.4, 0.5) is 5.00 Å². The summed E-state index contributed by atoms with van der Waals surface area (Å²) < 4.78 is 5.29. The van der Waals surface area contributed by atoms with Crippen LogP contribution in [0.2, 0.25) is 0 Å². The first-order valence-corrected chi connectivity index (χ1v) is 9.20. The number of amides is 1. The summed E-state index contributed by atoms with van der Waals surface area (Å²) in [5, 5.41) is 7.61. The number of ether oxygens (including phenoxy) is 1. The predicted octanol–water partition coefficient (Wildman–Crippen LogP) is 1.57. The second-order valence-corrected chi connectivity index (χ2v) is 7.42. The standard InChI is InChI=1S/C18H21N3O2S/c1-3-21-8-7-13-14(10-21)24-18-15(13)17(22)19-16(20-18)11-5-4-6-12(9-11)23-2/h4-6,9,16,20H,3,7-8,10H2,1-2H3,(H,19,22)/p+1/t16-/m0/s1. The Morgan fingerprint density at radius 1 is 1.38 bits per heavy atom. The minimum Gasteiger partial charge on any atom is -0.497 e. The van der Waals surface area contributed by atoms with Crippen molar-refractivity contribution in [1.82, 2.24) is 5.32 Å². The van der Waals surface area contributed by atoms with Crippen LogP contribution in [-0.2, 0) is 13.0 Å². The van der Waals surface area contributed by atoms with Gasteiger partial charge in [0.05, 0.1) is 30.6 Å². The van der Waals surface area contributed by atoms with Gasteiger partial charge in [-0.2, -0.15) is 0 Å². The van der Waals surface area contributed by atoms with Crippen LogP contribution in [-0.4, -0.2) is 26.1 Å². The van der Waals surface area contributed by atoms with E-state index < -0.39 is 0 Å². The second-order valence-electron chi connectivity index (χ2n) is 6.32. The fourth-order valence-electron chi connectivity index (χ4n) is 3.54. The van der Waals surface area contributed by atoms with Crippen LogP contribution in [0.3, 0.4) is 0 Å². The summed E-state index contributed by atoms with van der Waals surface area (Å²) in [6, 6.07) is 7.81. The zero-order valence-electron chi connectivity index (χ0n) is 13.9. The van der Waals surface area contributed by atoms with Gasteiger partial charge in [0.2, 0.25) is 0 Å². The maximum absolute atomic E-state index is 12.7. The Labute approximate surface area is 145 Å². The largest absolute Gasteiger partial charge is 0.497 e. The number of quaternary nitrogens is 1. The molecular weight excluding hydrogens is 322 g/mol. The summed E-state index contributed by atoms with van der Waals surface area (Å²) in [7, 11) is 1.65. The van der Waals surface area contributed by atoms with Crippen molar-refractivity contribution < 1.29 is 14.4 Å².